The van der Waals surface area contributed by atoms with Crippen molar-refractivity contribution in [2.24, 2.45) is 0 Å². The van der Waals surface area contributed by atoms with Crippen LogP contribution in [0.3, 0.4) is 0 Å². The molecule has 2 aliphatic rings. The van der Waals surface area contributed by atoms with Gasteiger partial charge >= 0.3 is 0 Å². The van der Waals surface area contributed by atoms with E-state index < -0.39 is 11.8 Å². The molecule has 0 saturated heterocycles. The number of hydrogen-bond acceptors (Lipinski definition) is 11. The summed E-state index contributed by atoms with van der Waals surface area (Å²) in [5.74, 6) is 1.76. The zero-order chi connectivity index (χ0) is 23.8. The molecule has 0 bridgehead atoms. The van der Waals surface area contributed by atoms with Gasteiger partial charge in [-0.05, 0) is 0 Å². The minimum Gasteiger partial charge on any atom is -0.486 e. The molecule has 35 heavy (non-hydrogen) atoms. The molecule has 0 radical (unpaired) electrons. The lowest BCUT2D eigenvalue weighted by Gasteiger charge is -2.17. The first kappa shape index (κ1) is 21.8. The van der Waals surface area contributed by atoms with Crippen LogP contribution in [-0.4, -0.2) is 61.4 Å². The summed E-state index contributed by atoms with van der Waals surface area (Å²) in [6.07, 6.45) is 0. The number of anilines is 2. The second-order valence-corrected chi connectivity index (χ2v) is 9.62. The Balaban J connectivity index is 1.01. The quantitative estimate of drug-likeness (QED) is 0.399. The minimum absolute atomic E-state index is 0.298. The highest BCUT2D eigenvalue weighted by Gasteiger charge is 2.18. The molecule has 0 aliphatic carbocycles. The fourth-order valence-electron chi connectivity index (χ4n) is 3.58. The first-order chi connectivity index (χ1) is 17.1. The average molecular weight is 515 g/mol. The molecule has 0 fully saturated rings. The van der Waals surface area contributed by atoms with Gasteiger partial charge in [0.15, 0.2) is 33.3 Å². The molecule has 2 aliphatic heterocycles. The average Bonchev–Trinajstić information content (AvgIpc) is 3.42. The highest BCUT2D eigenvalue weighted by Crippen LogP contribution is 2.39. The number of fused-ring (bicyclic) bond motifs is 4. The Labute approximate surface area is 205 Å². The smallest absolute Gasteiger partial charge is 0.252 e. The van der Waals surface area contributed by atoms with Crippen LogP contribution in [0.2, 0.25) is 0 Å². The van der Waals surface area contributed by atoms with E-state index in [1.54, 1.807) is 12.1 Å². The predicted octanol–water partition coefficient (Wildman–Crippen LogP) is 3.04. The van der Waals surface area contributed by atoms with E-state index in [0.717, 1.165) is 9.40 Å². The first-order valence-corrected chi connectivity index (χ1v) is 12.3. The third-order valence-corrected chi connectivity index (χ3v) is 6.93. The molecular formula is C22H18N4O7S2. The number of rotatable bonds is 6. The number of ether oxygens (including phenoxy) is 5. The highest BCUT2D eigenvalue weighted by molar-refractivity contribution is 7.22. The number of carbonyl (C=O) groups is 2. The maximum atomic E-state index is 12.2. The van der Waals surface area contributed by atoms with Crippen molar-refractivity contribution < 1.29 is 33.3 Å². The number of nitrogens with one attached hydrogen (secondary N) is 2. The molecule has 0 spiro atoms. The van der Waals surface area contributed by atoms with Crippen LogP contribution in [0.25, 0.3) is 20.4 Å². The van der Waals surface area contributed by atoms with Gasteiger partial charge in [0, 0.05) is 24.3 Å². The summed E-state index contributed by atoms with van der Waals surface area (Å²) in [6, 6.07) is 7.26. The molecule has 0 atom stereocenters. The van der Waals surface area contributed by atoms with Gasteiger partial charge in [0.2, 0.25) is 0 Å². The number of carbonyl (C=O) groups excluding carboxylic acids is 2. The summed E-state index contributed by atoms with van der Waals surface area (Å²) < 4.78 is 29.3. The van der Waals surface area contributed by atoms with Crippen molar-refractivity contribution in [1.82, 2.24) is 9.97 Å². The topological polar surface area (TPSA) is 130 Å². The van der Waals surface area contributed by atoms with Gasteiger partial charge in [-0.1, -0.05) is 22.7 Å². The lowest BCUT2D eigenvalue weighted by atomic mass is 10.3. The number of nitrogens with zero attached hydrogens (tertiary/aromatic N) is 2. The van der Waals surface area contributed by atoms with E-state index in [1.807, 2.05) is 12.1 Å². The zero-order valence-corrected chi connectivity index (χ0v) is 19.8. The summed E-state index contributed by atoms with van der Waals surface area (Å²) in [5.41, 5.74) is 1.40. The monoisotopic (exact) mass is 514 g/mol. The Hall–Kier alpha value is -3.68. The van der Waals surface area contributed by atoms with Crippen molar-refractivity contribution in [2.75, 3.05) is 50.3 Å². The van der Waals surface area contributed by atoms with Crippen LogP contribution in [0.1, 0.15) is 0 Å². The summed E-state index contributed by atoms with van der Waals surface area (Å²) in [5, 5.41) is 6.22. The molecule has 2 amide bonds. The molecule has 4 heterocycles. The summed E-state index contributed by atoms with van der Waals surface area (Å²) >= 11 is 2.63. The minimum atomic E-state index is -0.417. The Kier molecular flexibility index (Phi) is 5.72. The highest BCUT2D eigenvalue weighted by atomic mass is 32.1. The van der Waals surface area contributed by atoms with Gasteiger partial charge in [-0.3, -0.25) is 20.2 Å². The van der Waals surface area contributed by atoms with Gasteiger partial charge in [0.05, 0.1) is 20.4 Å². The Bertz CT molecular complexity index is 1260. The van der Waals surface area contributed by atoms with E-state index in [9.17, 15) is 9.59 Å². The maximum absolute atomic E-state index is 12.2. The lowest BCUT2D eigenvalue weighted by Crippen LogP contribution is -2.23. The standard InChI is InChI=1S/C22H18N4O7S2/c27-19(25-21-23-11-5-13-15(7-17(11)34-21)32-3-1-30-13)9-29-10-20(28)26-22-24-12-6-14-16(8-18(12)35-22)33-4-2-31-14/h5-8H,1-4,9-10H2,(H,23,25,27)(H,24,26,28). The number of hydrogen-bond donors (Lipinski definition) is 2. The molecule has 6 rings (SSSR count). The van der Waals surface area contributed by atoms with E-state index >= 15 is 0 Å². The van der Waals surface area contributed by atoms with Gasteiger partial charge in [0.25, 0.3) is 11.8 Å². The molecule has 0 unspecified atom stereocenters. The van der Waals surface area contributed by atoms with Crippen molar-refractivity contribution in [3.63, 3.8) is 0 Å². The van der Waals surface area contributed by atoms with Crippen LogP contribution < -0.4 is 29.6 Å². The van der Waals surface area contributed by atoms with E-state index in [2.05, 4.69) is 20.6 Å². The Morgan fingerprint density at radius 3 is 1.54 bits per heavy atom. The Morgan fingerprint density at radius 1 is 0.714 bits per heavy atom. The van der Waals surface area contributed by atoms with Crippen LogP contribution in [-0.2, 0) is 14.3 Å². The fraction of sp³-hybridized carbons (Fsp3) is 0.273. The number of benzene rings is 2. The van der Waals surface area contributed by atoms with Gasteiger partial charge in [0.1, 0.15) is 39.6 Å². The largest absolute Gasteiger partial charge is 0.486 e. The van der Waals surface area contributed by atoms with Crippen LogP contribution in [0.15, 0.2) is 24.3 Å². The molecular weight excluding hydrogens is 496 g/mol. The zero-order valence-electron chi connectivity index (χ0n) is 18.1. The van der Waals surface area contributed by atoms with E-state index in [0.29, 0.717) is 70.7 Å². The van der Waals surface area contributed by atoms with Crippen LogP contribution in [0.5, 0.6) is 23.0 Å². The second-order valence-electron chi connectivity index (χ2n) is 7.55. The lowest BCUT2D eigenvalue weighted by molar-refractivity contribution is -0.125. The number of aromatic nitrogens is 2. The summed E-state index contributed by atoms with van der Waals surface area (Å²) in [4.78, 5) is 33.3. The van der Waals surface area contributed by atoms with Crippen molar-refractivity contribution >= 4 is 65.2 Å². The van der Waals surface area contributed by atoms with Gasteiger partial charge < -0.3 is 23.7 Å². The number of thiazole rings is 2. The second kappa shape index (κ2) is 9.17. The molecule has 2 aromatic carbocycles. The maximum Gasteiger partial charge on any atom is 0.252 e. The molecule has 180 valence electrons. The van der Waals surface area contributed by atoms with E-state index in [-0.39, 0.29) is 13.2 Å². The molecule has 4 aromatic rings. The van der Waals surface area contributed by atoms with Crippen molar-refractivity contribution in [3.05, 3.63) is 24.3 Å². The van der Waals surface area contributed by atoms with Gasteiger partial charge in [-0.2, -0.15) is 0 Å². The van der Waals surface area contributed by atoms with Crippen molar-refractivity contribution in [3.8, 4) is 23.0 Å². The molecule has 2 aromatic heterocycles. The molecule has 11 nitrogen and oxygen atoms in total. The van der Waals surface area contributed by atoms with Crippen molar-refractivity contribution in [2.45, 2.75) is 0 Å². The van der Waals surface area contributed by atoms with Crippen LogP contribution in [0, 0.1) is 0 Å². The van der Waals surface area contributed by atoms with Gasteiger partial charge in [-0.25, -0.2) is 9.97 Å². The van der Waals surface area contributed by atoms with Crippen LogP contribution >= 0.6 is 22.7 Å². The normalized spacial score (nSPS) is 14.2. The predicted molar refractivity (Wildman–Crippen MR) is 129 cm³/mol. The van der Waals surface area contributed by atoms with E-state index in [4.69, 9.17) is 23.7 Å². The molecule has 13 heteroatoms. The SMILES string of the molecule is O=C(COCC(=O)Nc1nc2cc3c(cc2s1)OCCO3)Nc1nc2cc3c(cc2s1)OCCO3. The van der Waals surface area contributed by atoms with Crippen molar-refractivity contribution in [1.29, 1.82) is 0 Å². The van der Waals surface area contributed by atoms with Crippen LogP contribution in [0.4, 0.5) is 10.3 Å². The summed E-state index contributed by atoms with van der Waals surface area (Å²) in [6.45, 7) is 1.37. The first-order valence-electron chi connectivity index (χ1n) is 10.7. The van der Waals surface area contributed by atoms with E-state index in [1.165, 1.54) is 22.7 Å². The fourth-order valence-corrected chi connectivity index (χ4v) is 5.37. The molecule has 2 N–H and O–H groups in total. The summed E-state index contributed by atoms with van der Waals surface area (Å²) in [7, 11) is 0. The third-order valence-electron chi connectivity index (χ3n) is 5.06. The third kappa shape index (κ3) is 4.65. The number of amides is 2. The Morgan fingerprint density at radius 2 is 1.11 bits per heavy atom. The molecule has 0 saturated carbocycles. The van der Waals surface area contributed by atoms with Gasteiger partial charge in [-0.15, -0.1) is 0 Å².